The van der Waals surface area contributed by atoms with Crippen LogP contribution in [0.1, 0.15) is 54.9 Å². The number of Topliss-reactive ketones (excluding diaryl/α,β-unsaturated/α-hetero) is 1. The maximum atomic E-state index is 15.0. The number of likely N-dealkylation sites (tertiary alicyclic amines) is 1. The van der Waals surface area contributed by atoms with Gasteiger partial charge >= 0.3 is 0 Å². The molecule has 2 aliphatic rings. The zero-order valence-electron chi connectivity index (χ0n) is 24.7. The first-order valence-corrected chi connectivity index (χ1v) is 15.6. The summed E-state index contributed by atoms with van der Waals surface area (Å²) in [5, 5.41) is 17.0. The van der Waals surface area contributed by atoms with Crippen molar-refractivity contribution in [2.24, 2.45) is 5.92 Å². The molecule has 0 N–H and O–H groups in total. The van der Waals surface area contributed by atoms with E-state index in [-0.39, 0.29) is 27.9 Å². The van der Waals surface area contributed by atoms with Gasteiger partial charge in [0.1, 0.15) is 18.1 Å². The Morgan fingerprint density at radius 3 is 2.61 bits per heavy atom. The van der Waals surface area contributed by atoms with E-state index in [0.717, 1.165) is 35.4 Å². The quantitative estimate of drug-likeness (QED) is 0.240. The molecule has 228 valence electrons. The topological polar surface area (TPSA) is 108 Å². The Kier molecular flexibility index (Phi) is 8.99. The molecule has 0 bridgehead atoms. The fraction of sp³-hybridized carbons (Fsp3) is 0.375. The van der Waals surface area contributed by atoms with E-state index in [0.29, 0.717) is 44.0 Å². The first-order chi connectivity index (χ1) is 21.4. The fourth-order valence-corrected chi connectivity index (χ4v) is 6.55. The molecule has 0 radical (unpaired) electrons. The normalized spacial score (nSPS) is 18.8. The van der Waals surface area contributed by atoms with E-state index in [1.165, 1.54) is 17.8 Å². The third-order valence-corrected chi connectivity index (χ3v) is 9.15. The summed E-state index contributed by atoms with van der Waals surface area (Å²) < 4.78 is 23.7. The fourth-order valence-electron chi connectivity index (χ4n) is 5.64. The average Bonchev–Trinajstić information content (AvgIpc) is 3.64. The Hall–Kier alpha value is -4.16. The summed E-state index contributed by atoms with van der Waals surface area (Å²) in [6.07, 6.45) is 6.22. The van der Waals surface area contributed by atoms with Crippen molar-refractivity contribution in [3.8, 4) is 5.75 Å². The molecule has 1 aliphatic carbocycles. The lowest BCUT2D eigenvalue weighted by atomic mass is 9.93. The predicted molar refractivity (Wildman–Crippen MR) is 164 cm³/mol. The van der Waals surface area contributed by atoms with Crippen molar-refractivity contribution in [3.63, 3.8) is 0 Å². The van der Waals surface area contributed by atoms with Gasteiger partial charge < -0.3 is 4.74 Å². The highest BCUT2D eigenvalue weighted by atomic mass is 32.2. The van der Waals surface area contributed by atoms with Crippen molar-refractivity contribution in [2.45, 2.75) is 50.6 Å². The number of methoxy groups -OCH3 is 1. The Morgan fingerprint density at radius 2 is 1.89 bits per heavy atom. The number of carbonyl (C=O) groups is 2. The summed E-state index contributed by atoms with van der Waals surface area (Å²) in [4.78, 5) is 27.7. The number of hydrogen-bond acceptors (Lipinski definition) is 9. The van der Waals surface area contributed by atoms with Crippen molar-refractivity contribution in [2.75, 3.05) is 20.2 Å². The van der Waals surface area contributed by atoms with Crippen LogP contribution in [-0.4, -0.2) is 71.2 Å². The zero-order valence-corrected chi connectivity index (χ0v) is 25.5. The van der Waals surface area contributed by atoms with E-state index >= 15 is 0 Å². The van der Waals surface area contributed by atoms with Gasteiger partial charge in [0.15, 0.2) is 16.7 Å². The van der Waals surface area contributed by atoms with Gasteiger partial charge in [0.2, 0.25) is 0 Å². The van der Waals surface area contributed by atoms with Crippen LogP contribution < -0.4 is 4.74 Å². The molecule has 6 rings (SSSR count). The Balaban J connectivity index is 1.22. The largest absolute Gasteiger partial charge is 0.497 e. The van der Waals surface area contributed by atoms with Gasteiger partial charge in [-0.05, 0) is 71.2 Å². The highest BCUT2D eigenvalue weighted by Gasteiger charge is 2.41. The van der Waals surface area contributed by atoms with Crippen molar-refractivity contribution in [3.05, 3.63) is 94.8 Å². The van der Waals surface area contributed by atoms with Gasteiger partial charge in [0.05, 0.1) is 25.4 Å². The number of aromatic nitrogens is 6. The SMILES string of the molecule is COc1ccc(Cn2nnnc2Cn2ccc(/C=C3/CN(C(C(=O)C4CC4)c4ccccc4F)CCC3SC(C)=O)n2)cc1. The van der Waals surface area contributed by atoms with Gasteiger partial charge in [-0.25, -0.2) is 9.07 Å². The standard InChI is InChI=1S/C32H34FN7O3S/c1-21(41)44-29-14-15-38(31(32(42)23-9-10-23)27-5-3-4-6-28(27)33)19-24(29)17-25-13-16-39(35-25)20-30-34-36-37-40(30)18-22-7-11-26(43-2)12-8-22/h3-8,11-13,16-17,23,29,31H,9-10,14-15,18-20H2,1-2H3/b24-17-. The first-order valence-electron chi connectivity index (χ1n) is 14.7. The summed E-state index contributed by atoms with van der Waals surface area (Å²) in [7, 11) is 1.63. The van der Waals surface area contributed by atoms with Gasteiger partial charge in [0, 0.05) is 42.9 Å². The van der Waals surface area contributed by atoms with Gasteiger partial charge in [-0.3, -0.25) is 19.2 Å². The first kappa shape index (κ1) is 29.9. The monoisotopic (exact) mass is 615 g/mol. The number of piperidine rings is 1. The smallest absolute Gasteiger partial charge is 0.186 e. The van der Waals surface area contributed by atoms with E-state index in [2.05, 4.69) is 20.4 Å². The third-order valence-electron chi connectivity index (χ3n) is 8.00. The highest BCUT2D eigenvalue weighted by Crippen LogP contribution is 2.40. The van der Waals surface area contributed by atoms with Crippen LogP contribution in [0.25, 0.3) is 6.08 Å². The Morgan fingerprint density at radius 1 is 1.09 bits per heavy atom. The minimum absolute atomic E-state index is 0.0201. The van der Waals surface area contributed by atoms with E-state index in [1.807, 2.05) is 42.6 Å². The molecule has 10 nitrogen and oxygen atoms in total. The maximum Gasteiger partial charge on any atom is 0.186 e. The second-order valence-electron chi connectivity index (χ2n) is 11.2. The molecule has 1 aliphatic heterocycles. The molecule has 1 saturated carbocycles. The number of hydrogen-bond donors (Lipinski definition) is 0. The molecule has 44 heavy (non-hydrogen) atoms. The molecular formula is C32H34FN7O3S. The van der Waals surface area contributed by atoms with Gasteiger partial charge in [-0.2, -0.15) is 5.10 Å². The maximum absolute atomic E-state index is 15.0. The lowest BCUT2D eigenvalue weighted by molar-refractivity contribution is -0.126. The number of benzene rings is 2. The molecule has 3 heterocycles. The van der Waals surface area contributed by atoms with Crippen LogP contribution in [0.5, 0.6) is 5.75 Å². The van der Waals surface area contributed by atoms with Gasteiger partial charge in [-0.1, -0.05) is 42.1 Å². The number of ether oxygens (including phenoxy) is 1. The average molecular weight is 616 g/mol. The van der Waals surface area contributed by atoms with Gasteiger partial charge in [0.25, 0.3) is 0 Å². The number of carbonyl (C=O) groups excluding carboxylic acids is 2. The van der Waals surface area contributed by atoms with Crippen LogP contribution in [0.4, 0.5) is 4.39 Å². The number of ketones is 1. The highest BCUT2D eigenvalue weighted by molar-refractivity contribution is 8.14. The predicted octanol–water partition coefficient (Wildman–Crippen LogP) is 4.57. The summed E-state index contributed by atoms with van der Waals surface area (Å²) in [6.45, 7) is 3.47. The summed E-state index contributed by atoms with van der Waals surface area (Å²) in [5.74, 6) is 1.12. The molecule has 4 aromatic rings. The van der Waals surface area contributed by atoms with E-state index in [9.17, 15) is 14.0 Å². The molecule has 1 saturated heterocycles. The van der Waals surface area contributed by atoms with E-state index in [1.54, 1.807) is 41.6 Å². The van der Waals surface area contributed by atoms with Crippen LogP contribution in [-0.2, 0) is 22.7 Å². The van der Waals surface area contributed by atoms with Crippen LogP contribution in [0.15, 0.2) is 66.4 Å². The Labute approximate surface area is 259 Å². The van der Waals surface area contributed by atoms with Crippen molar-refractivity contribution in [1.82, 2.24) is 34.9 Å². The number of halogens is 1. The number of nitrogens with zero attached hydrogens (tertiary/aromatic N) is 7. The molecule has 2 unspecified atom stereocenters. The number of thioether (sulfide) groups is 1. The minimum atomic E-state index is -0.655. The zero-order chi connectivity index (χ0) is 30.6. The van der Waals surface area contributed by atoms with Crippen LogP contribution >= 0.6 is 11.8 Å². The molecule has 0 spiro atoms. The molecule has 12 heteroatoms. The molecule has 2 atom stereocenters. The van der Waals surface area contributed by atoms with Crippen molar-refractivity contribution in [1.29, 1.82) is 0 Å². The molecule has 0 amide bonds. The molecule has 2 aromatic carbocycles. The summed E-state index contributed by atoms with van der Waals surface area (Å²) in [5.41, 5.74) is 3.16. The van der Waals surface area contributed by atoms with Crippen LogP contribution in [0.3, 0.4) is 0 Å². The number of tetrazole rings is 1. The number of rotatable bonds is 11. The lowest BCUT2D eigenvalue weighted by Gasteiger charge is -2.38. The minimum Gasteiger partial charge on any atom is -0.497 e. The second-order valence-corrected chi connectivity index (χ2v) is 12.6. The summed E-state index contributed by atoms with van der Waals surface area (Å²) in [6, 6.07) is 15.5. The van der Waals surface area contributed by atoms with E-state index in [4.69, 9.17) is 9.84 Å². The summed E-state index contributed by atoms with van der Waals surface area (Å²) >= 11 is 1.29. The molecule has 2 aromatic heterocycles. The molecular weight excluding hydrogens is 581 g/mol. The van der Waals surface area contributed by atoms with Gasteiger partial charge in [-0.15, -0.1) is 5.10 Å². The van der Waals surface area contributed by atoms with Crippen LogP contribution in [0, 0.1) is 11.7 Å². The Bertz CT molecular complexity index is 1660. The lowest BCUT2D eigenvalue weighted by Crippen LogP contribution is -2.43. The third kappa shape index (κ3) is 6.97. The van der Waals surface area contributed by atoms with Crippen LogP contribution in [0.2, 0.25) is 0 Å². The van der Waals surface area contributed by atoms with Crippen molar-refractivity contribution < 1.29 is 18.7 Å². The molecule has 2 fully saturated rings. The van der Waals surface area contributed by atoms with E-state index < -0.39 is 6.04 Å². The van der Waals surface area contributed by atoms with Crippen molar-refractivity contribution >= 4 is 28.7 Å². The second kappa shape index (κ2) is 13.2.